The van der Waals surface area contributed by atoms with Gasteiger partial charge in [-0.2, -0.15) is 0 Å². The van der Waals surface area contributed by atoms with Gasteiger partial charge in [0.2, 0.25) is 0 Å². The fourth-order valence-corrected chi connectivity index (χ4v) is 2.64. The summed E-state index contributed by atoms with van der Waals surface area (Å²) in [6.07, 6.45) is 3.72. The minimum Gasteiger partial charge on any atom is -0.312 e. The fraction of sp³-hybridized carbons (Fsp3) is 0.571. The van der Waals surface area contributed by atoms with Crippen molar-refractivity contribution in [3.63, 3.8) is 0 Å². The average molecular weight is 257 g/mol. The van der Waals surface area contributed by atoms with Crippen molar-refractivity contribution in [1.82, 2.24) is 5.32 Å². The minimum atomic E-state index is -1.40. The summed E-state index contributed by atoms with van der Waals surface area (Å²) in [6, 6.07) is 2.09. The number of hydrogen-bond donors (Lipinski definition) is 1. The molecule has 100 valence electrons. The Labute approximate surface area is 105 Å². The summed E-state index contributed by atoms with van der Waals surface area (Å²) in [5.41, 5.74) is 0.442. The van der Waals surface area contributed by atoms with Gasteiger partial charge >= 0.3 is 0 Å². The molecule has 1 nitrogen and oxygen atoms in total. The molecule has 1 aromatic rings. The molecule has 1 fully saturated rings. The highest BCUT2D eigenvalue weighted by atomic mass is 19.2. The molecular weight excluding hydrogens is 239 g/mol. The molecule has 1 aromatic carbocycles. The van der Waals surface area contributed by atoms with E-state index in [-0.39, 0.29) is 0 Å². The molecule has 0 aliphatic heterocycles. The Balaban J connectivity index is 1.87. The standard InChI is InChI=1S/C14H18F3N/c1-9-3-2-4-11(9)8-18-7-10-5-12(15)14(17)13(16)6-10/h5-6,9,11,18H,2-4,7-8H2,1H3. The van der Waals surface area contributed by atoms with E-state index in [1.165, 1.54) is 19.3 Å². The molecular formula is C14H18F3N. The van der Waals surface area contributed by atoms with E-state index in [0.717, 1.165) is 18.7 Å². The van der Waals surface area contributed by atoms with Crippen LogP contribution in [0.25, 0.3) is 0 Å². The summed E-state index contributed by atoms with van der Waals surface area (Å²) in [5, 5.41) is 3.19. The van der Waals surface area contributed by atoms with Gasteiger partial charge in [0.15, 0.2) is 17.5 Å². The van der Waals surface area contributed by atoms with E-state index >= 15 is 0 Å². The summed E-state index contributed by atoms with van der Waals surface area (Å²) >= 11 is 0. The third kappa shape index (κ3) is 3.05. The van der Waals surface area contributed by atoms with E-state index in [1.807, 2.05) is 0 Å². The fourth-order valence-electron chi connectivity index (χ4n) is 2.64. The van der Waals surface area contributed by atoms with Crippen molar-refractivity contribution in [2.24, 2.45) is 11.8 Å². The van der Waals surface area contributed by atoms with Crippen LogP contribution in [0.5, 0.6) is 0 Å². The second kappa shape index (κ2) is 5.74. The molecule has 2 unspecified atom stereocenters. The first-order chi connectivity index (χ1) is 8.58. The van der Waals surface area contributed by atoms with Gasteiger partial charge in [0, 0.05) is 6.54 Å². The zero-order chi connectivity index (χ0) is 13.1. The minimum absolute atomic E-state index is 0.372. The molecule has 1 saturated carbocycles. The summed E-state index contributed by atoms with van der Waals surface area (Å²) in [7, 11) is 0. The molecule has 2 atom stereocenters. The zero-order valence-corrected chi connectivity index (χ0v) is 10.5. The molecule has 0 heterocycles. The molecule has 0 saturated heterocycles. The van der Waals surface area contributed by atoms with Crippen molar-refractivity contribution in [2.45, 2.75) is 32.7 Å². The Bertz CT molecular complexity index is 396. The summed E-state index contributed by atoms with van der Waals surface area (Å²) in [4.78, 5) is 0. The lowest BCUT2D eigenvalue weighted by molar-refractivity contribution is 0.391. The molecule has 0 radical (unpaired) electrons. The normalized spacial score (nSPS) is 23.6. The van der Waals surface area contributed by atoms with Crippen LogP contribution in [0.15, 0.2) is 12.1 Å². The lowest BCUT2D eigenvalue weighted by Gasteiger charge is -2.16. The van der Waals surface area contributed by atoms with Crippen molar-refractivity contribution < 1.29 is 13.2 Å². The maximum absolute atomic E-state index is 13.0. The van der Waals surface area contributed by atoms with Gasteiger partial charge in [-0.3, -0.25) is 0 Å². The Hall–Kier alpha value is -1.03. The molecule has 0 bridgehead atoms. The van der Waals surface area contributed by atoms with E-state index in [1.54, 1.807) is 0 Å². The molecule has 0 spiro atoms. The Kier molecular flexibility index (Phi) is 4.27. The maximum atomic E-state index is 13.0. The quantitative estimate of drug-likeness (QED) is 0.812. The van der Waals surface area contributed by atoms with Crippen molar-refractivity contribution in [1.29, 1.82) is 0 Å². The van der Waals surface area contributed by atoms with Crippen LogP contribution in [0, 0.1) is 29.3 Å². The van der Waals surface area contributed by atoms with Crippen LogP contribution in [0.4, 0.5) is 13.2 Å². The third-order valence-electron chi connectivity index (χ3n) is 3.82. The van der Waals surface area contributed by atoms with Gasteiger partial charge in [-0.05, 0) is 42.5 Å². The number of rotatable bonds is 4. The van der Waals surface area contributed by atoms with Gasteiger partial charge in [-0.15, -0.1) is 0 Å². The molecule has 1 aliphatic rings. The summed E-state index contributed by atoms with van der Waals surface area (Å²) in [5.74, 6) is -2.30. The first kappa shape index (κ1) is 13.4. The van der Waals surface area contributed by atoms with Gasteiger partial charge < -0.3 is 5.32 Å². The Morgan fingerprint density at radius 3 is 2.39 bits per heavy atom. The van der Waals surface area contributed by atoms with E-state index in [9.17, 15) is 13.2 Å². The highest BCUT2D eigenvalue weighted by Crippen LogP contribution is 2.30. The molecule has 1 N–H and O–H groups in total. The lowest BCUT2D eigenvalue weighted by Crippen LogP contribution is -2.24. The maximum Gasteiger partial charge on any atom is 0.194 e. The van der Waals surface area contributed by atoms with E-state index < -0.39 is 17.5 Å². The van der Waals surface area contributed by atoms with Crippen LogP contribution in [-0.4, -0.2) is 6.54 Å². The van der Waals surface area contributed by atoms with Crippen LogP contribution >= 0.6 is 0 Å². The largest absolute Gasteiger partial charge is 0.312 e. The molecule has 0 amide bonds. The molecule has 1 aliphatic carbocycles. The van der Waals surface area contributed by atoms with Crippen LogP contribution in [0.1, 0.15) is 31.7 Å². The number of halogens is 3. The van der Waals surface area contributed by atoms with Crippen molar-refractivity contribution in [3.05, 3.63) is 35.1 Å². The molecule has 0 aromatic heterocycles. The monoisotopic (exact) mass is 257 g/mol. The highest BCUT2D eigenvalue weighted by Gasteiger charge is 2.22. The van der Waals surface area contributed by atoms with Gasteiger partial charge in [0.05, 0.1) is 0 Å². The van der Waals surface area contributed by atoms with Gasteiger partial charge in [-0.25, -0.2) is 13.2 Å². The first-order valence-corrected chi connectivity index (χ1v) is 6.42. The smallest absolute Gasteiger partial charge is 0.194 e. The predicted molar refractivity (Wildman–Crippen MR) is 64.5 cm³/mol. The average Bonchev–Trinajstić information content (AvgIpc) is 2.72. The van der Waals surface area contributed by atoms with E-state index in [2.05, 4.69) is 12.2 Å². The van der Waals surface area contributed by atoms with Crippen molar-refractivity contribution >= 4 is 0 Å². The second-order valence-corrected chi connectivity index (χ2v) is 5.17. The first-order valence-electron chi connectivity index (χ1n) is 6.42. The number of nitrogens with one attached hydrogen (secondary N) is 1. The topological polar surface area (TPSA) is 12.0 Å². The zero-order valence-electron chi connectivity index (χ0n) is 10.5. The summed E-state index contributed by atoms with van der Waals surface area (Å²) in [6.45, 7) is 3.45. The van der Waals surface area contributed by atoms with E-state index in [0.29, 0.717) is 23.9 Å². The van der Waals surface area contributed by atoms with Crippen LogP contribution in [0.3, 0.4) is 0 Å². The Morgan fingerprint density at radius 2 is 1.83 bits per heavy atom. The van der Waals surface area contributed by atoms with Crippen molar-refractivity contribution in [2.75, 3.05) is 6.54 Å². The third-order valence-corrected chi connectivity index (χ3v) is 3.82. The number of benzene rings is 1. The molecule has 18 heavy (non-hydrogen) atoms. The van der Waals surface area contributed by atoms with Gasteiger partial charge in [0.25, 0.3) is 0 Å². The van der Waals surface area contributed by atoms with Crippen LogP contribution in [0.2, 0.25) is 0 Å². The van der Waals surface area contributed by atoms with E-state index in [4.69, 9.17) is 0 Å². The Morgan fingerprint density at radius 1 is 1.17 bits per heavy atom. The highest BCUT2D eigenvalue weighted by molar-refractivity contribution is 5.19. The van der Waals surface area contributed by atoms with Crippen LogP contribution in [-0.2, 0) is 6.54 Å². The van der Waals surface area contributed by atoms with Crippen LogP contribution < -0.4 is 5.32 Å². The number of hydrogen-bond acceptors (Lipinski definition) is 1. The SMILES string of the molecule is CC1CCCC1CNCc1cc(F)c(F)c(F)c1. The summed E-state index contributed by atoms with van der Waals surface area (Å²) < 4.78 is 38.7. The molecule has 2 rings (SSSR count). The van der Waals surface area contributed by atoms with Gasteiger partial charge in [0.1, 0.15) is 0 Å². The van der Waals surface area contributed by atoms with Gasteiger partial charge in [-0.1, -0.05) is 19.8 Å². The lowest BCUT2D eigenvalue weighted by atomic mass is 9.98. The predicted octanol–water partition coefficient (Wildman–Crippen LogP) is 3.63. The van der Waals surface area contributed by atoms with Crippen molar-refractivity contribution in [3.8, 4) is 0 Å². The molecule has 4 heteroatoms. The second-order valence-electron chi connectivity index (χ2n) is 5.17.